The average molecular weight is 259 g/mol. The van der Waals surface area contributed by atoms with E-state index in [0.717, 1.165) is 0 Å². The van der Waals surface area contributed by atoms with Crippen molar-refractivity contribution in [3.05, 3.63) is 22.4 Å². The number of rotatable bonds is 2. The van der Waals surface area contributed by atoms with E-state index in [1.807, 2.05) is 0 Å². The van der Waals surface area contributed by atoms with Gasteiger partial charge in [-0.25, -0.2) is 9.78 Å². The summed E-state index contributed by atoms with van der Waals surface area (Å²) in [5, 5.41) is 0. The Kier molecular flexibility index (Phi) is 3.46. The molecule has 0 radical (unpaired) electrons. The smallest absolute Gasteiger partial charge is 0.358 e. The maximum Gasteiger partial charge on any atom is 0.358 e. The molecule has 0 saturated carbocycles. The maximum atomic E-state index is 11.4. The summed E-state index contributed by atoms with van der Waals surface area (Å²) >= 11 is 3.19. The first-order valence-electron chi connectivity index (χ1n) is 4.12. The zero-order valence-corrected chi connectivity index (χ0v) is 9.54. The van der Waals surface area contributed by atoms with Gasteiger partial charge in [-0.1, -0.05) is 0 Å². The summed E-state index contributed by atoms with van der Waals surface area (Å²) in [5.41, 5.74) is 6.23. The van der Waals surface area contributed by atoms with Gasteiger partial charge in [-0.15, -0.1) is 0 Å². The first kappa shape index (κ1) is 11.0. The van der Waals surface area contributed by atoms with E-state index < -0.39 is 5.97 Å². The van der Waals surface area contributed by atoms with Gasteiger partial charge < -0.3 is 10.5 Å². The number of nitrogens with zero attached hydrogens (tertiary/aromatic N) is 1. The third-order valence-corrected chi connectivity index (χ3v) is 2.00. The molecule has 0 bridgehead atoms. The fourth-order valence-electron chi connectivity index (χ4n) is 0.873. The van der Waals surface area contributed by atoms with Gasteiger partial charge in [-0.05, 0) is 35.8 Å². The lowest BCUT2D eigenvalue weighted by molar-refractivity contribution is 0.0370. The number of halogens is 1. The number of aromatic nitrogens is 1. The number of carbonyl (C=O) groups is 1. The predicted molar refractivity (Wildman–Crippen MR) is 56.9 cm³/mol. The van der Waals surface area contributed by atoms with Gasteiger partial charge in [0, 0.05) is 0 Å². The highest BCUT2D eigenvalue weighted by Crippen LogP contribution is 2.18. The summed E-state index contributed by atoms with van der Waals surface area (Å²) in [6, 6.07) is 1.62. The molecule has 0 atom stereocenters. The van der Waals surface area contributed by atoms with Gasteiger partial charge in [0.1, 0.15) is 0 Å². The number of carbonyl (C=O) groups excluding carboxylic acids is 1. The van der Waals surface area contributed by atoms with Crippen LogP contribution >= 0.6 is 15.9 Å². The average Bonchev–Trinajstić information content (AvgIpc) is 2.01. The third-order valence-electron chi connectivity index (χ3n) is 1.40. The summed E-state index contributed by atoms with van der Waals surface area (Å²) in [5.74, 6) is -0.452. The van der Waals surface area contributed by atoms with Crippen molar-refractivity contribution in [1.82, 2.24) is 4.98 Å². The zero-order valence-electron chi connectivity index (χ0n) is 7.95. The van der Waals surface area contributed by atoms with Crippen LogP contribution in [0.5, 0.6) is 0 Å². The quantitative estimate of drug-likeness (QED) is 0.825. The van der Waals surface area contributed by atoms with Crippen LogP contribution in [0, 0.1) is 0 Å². The van der Waals surface area contributed by atoms with E-state index in [0.29, 0.717) is 10.2 Å². The number of pyridine rings is 1. The molecule has 1 heterocycles. The lowest BCUT2D eigenvalue weighted by Crippen LogP contribution is -2.13. The second-order valence-electron chi connectivity index (χ2n) is 3.05. The zero-order chi connectivity index (χ0) is 10.7. The molecule has 0 unspecified atom stereocenters. The molecule has 0 spiro atoms. The van der Waals surface area contributed by atoms with Gasteiger partial charge >= 0.3 is 5.97 Å². The summed E-state index contributed by atoms with van der Waals surface area (Å²) in [6.45, 7) is 3.56. The minimum absolute atomic E-state index is 0.159. The number of hydrogen-bond donors (Lipinski definition) is 1. The van der Waals surface area contributed by atoms with Crippen LogP contribution in [0.25, 0.3) is 0 Å². The summed E-state index contributed by atoms with van der Waals surface area (Å²) < 4.78 is 5.53. The van der Waals surface area contributed by atoms with E-state index in [-0.39, 0.29) is 11.8 Å². The molecule has 0 aliphatic rings. The molecular weight excluding hydrogens is 248 g/mol. The molecule has 1 aromatic rings. The first-order chi connectivity index (χ1) is 6.50. The predicted octanol–water partition coefficient (Wildman–Crippen LogP) is 1.99. The molecule has 0 fully saturated rings. The molecule has 0 aliphatic carbocycles. The number of anilines is 1. The highest BCUT2D eigenvalue weighted by atomic mass is 79.9. The van der Waals surface area contributed by atoms with Crippen molar-refractivity contribution >= 4 is 27.6 Å². The molecule has 76 valence electrons. The van der Waals surface area contributed by atoms with Crippen LogP contribution < -0.4 is 5.73 Å². The van der Waals surface area contributed by atoms with Crippen molar-refractivity contribution < 1.29 is 9.53 Å². The van der Waals surface area contributed by atoms with Gasteiger partial charge in [0.15, 0.2) is 5.69 Å². The molecule has 0 amide bonds. The van der Waals surface area contributed by atoms with E-state index in [2.05, 4.69) is 20.9 Å². The standard InChI is InChI=1S/C9H11BrN2O2/c1-5(2)14-9(13)8-7(10)3-6(11)4-12-8/h3-5H,11H2,1-2H3. The lowest BCUT2D eigenvalue weighted by Gasteiger charge is -2.08. The monoisotopic (exact) mass is 258 g/mol. The minimum Gasteiger partial charge on any atom is -0.458 e. The van der Waals surface area contributed by atoms with E-state index in [9.17, 15) is 4.79 Å². The molecule has 4 nitrogen and oxygen atoms in total. The molecule has 0 aromatic carbocycles. The van der Waals surface area contributed by atoms with Crippen LogP contribution in [-0.2, 0) is 4.74 Å². The van der Waals surface area contributed by atoms with Crippen LogP contribution in [0.2, 0.25) is 0 Å². The van der Waals surface area contributed by atoms with E-state index in [4.69, 9.17) is 10.5 Å². The Morgan fingerprint density at radius 2 is 2.29 bits per heavy atom. The Morgan fingerprint density at radius 3 is 2.79 bits per heavy atom. The highest BCUT2D eigenvalue weighted by Gasteiger charge is 2.14. The summed E-state index contributed by atoms with van der Waals surface area (Å²) in [6.07, 6.45) is 1.26. The van der Waals surface area contributed by atoms with Gasteiger partial charge in [0.05, 0.1) is 22.5 Å². The Morgan fingerprint density at radius 1 is 1.64 bits per heavy atom. The van der Waals surface area contributed by atoms with Crippen LogP contribution in [0.15, 0.2) is 16.7 Å². The van der Waals surface area contributed by atoms with Gasteiger partial charge in [0.2, 0.25) is 0 Å². The Hall–Kier alpha value is -1.10. The molecule has 1 aromatic heterocycles. The topological polar surface area (TPSA) is 65.2 Å². The minimum atomic E-state index is -0.452. The number of hydrogen-bond acceptors (Lipinski definition) is 4. The first-order valence-corrected chi connectivity index (χ1v) is 4.92. The molecule has 5 heteroatoms. The van der Waals surface area contributed by atoms with E-state index >= 15 is 0 Å². The van der Waals surface area contributed by atoms with Crippen LogP contribution in [0.1, 0.15) is 24.3 Å². The number of nitrogen functional groups attached to an aromatic ring is 1. The van der Waals surface area contributed by atoms with Crippen molar-refractivity contribution in [3.63, 3.8) is 0 Å². The SMILES string of the molecule is CC(C)OC(=O)c1ncc(N)cc1Br. The summed E-state index contributed by atoms with van der Waals surface area (Å²) in [4.78, 5) is 15.3. The van der Waals surface area contributed by atoms with Crippen molar-refractivity contribution in [3.8, 4) is 0 Å². The van der Waals surface area contributed by atoms with Crippen LogP contribution in [0.4, 0.5) is 5.69 Å². The largest absolute Gasteiger partial charge is 0.458 e. The van der Waals surface area contributed by atoms with Crippen LogP contribution in [0.3, 0.4) is 0 Å². The van der Waals surface area contributed by atoms with Gasteiger partial charge in [0.25, 0.3) is 0 Å². The normalized spacial score (nSPS) is 10.3. The molecule has 14 heavy (non-hydrogen) atoms. The van der Waals surface area contributed by atoms with Crippen molar-refractivity contribution in [2.45, 2.75) is 20.0 Å². The Labute approximate surface area is 90.6 Å². The number of esters is 1. The highest BCUT2D eigenvalue weighted by molar-refractivity contribution is 9.10. The van der Waals surface area contributed by atoms with Gasteiger partial charge in [-0.3, -0.25) is 0 Å². The maximum absolute atomic E-state index is 11.4. The molecule has 2 N–H and O–H groups in total. The molecule has 1 rings (SSSR count). The third kappa shape index (κ3) is 2.70. The van der Waals surface area contributed by atoms with Crippen LogP contribution in [-0.4, -0.2) is 17.1 Å². The lowest BCUT2D eigenvalue weighted by atomic mass is 10.3. The van der Waals surface area contributed by atoms with E-state index in [1.165, 1.54) is 6.20 Å². The van der Waals surface area contributed by atoms with Crippen molar-refractivity contribution in [1.29, 1.82) is 0 Å². The fraction of sp³-hybridized carbons (Fsp3) is 0.333. The number of nitrogens with two attached hydrogens (primary N) is 1. The van der Waals surface area contributed by atoms with E-state index in [1.54, 1.807) is 19.9 Å². The molecular formula is C9H11BrN2O2. The summed E-state index contributed by atoms with van der Waals surface area (Å²) in [7, 11) is 0. The fourth-order valence-corrected chi connectivity index (χ4v) is 1.40. The Bertz CT molecular complexity index is 353. The van der Waals surface area contributed by atoms with Crippen molar-refractivity contribution in [2.24, 2.45) is 0 Å². The van der Waals surface area contributed by atoms with Gasteiger partial charge in [-0.2, -0.15) is 0 Å². The van der Waals surface area contributed by atoms with Crippen molar-refractivity contribution in [2.75, 3.05) is 5.73 Å². The second kappa shape index (κ2) is 4.41. The second-order valence-corrected chi connectivity index (χ2v) is 3.91. The molecule has 0 saturated heterocycles. The Balaban J connectivity index is 2.90. The molecule has 0 aliphatic heterocycles. The number of ether oxygens (including phenoxy) is 1.